The smallest absolute Gasteiger partial charge is 0.246 e. The van der Waals surface area contributed by atoms with E-state index in [9.17, 15) is 4.79 Å². The molecule has 1 atom stereocenters. The monoisotopic (exact) mass is 526 g/mol. The van der Waals surface area contributed by atoms with Crippen molar-refractivity contribution in [1.29, 1.82) is 0 Å². The largest absolute Gasteiger partial charge is 0.335 e. The maximum Gasteiger partial charge on any atom is 0.246 e. The second-order valence-electron chi connectivity index (χ2n) is 9.07. The van der Waals surface area contributed by atoms with Crippen LogP contribution in [0.15, 0.2) is 101 Å². The van der Waals surface area contributed by atoms with Crippen molar-refractivity contribution in [1.82, 2.24) is 9.88 Å². The molecule has 1 amide bonds. The third kappa shape index (κ3) is 12.0. The van der Waals surface area contributed by atoms with Crippen molar-refractivity contribution in [3.05, 3.63) is 108 Å². The molecule has 0 bridgehead atoms. The van der Waals surface area contributed by atoms with E-state index in [1.807, 2.05) is 98.9 Å². The first kappa shape index (κ1) is 33.2. The number of hydrogen-bond donors (Lipinski definition) is 0. The van der Waals surface area contributed by atoms with Crippen molar-refractivity contribution in [2.75, 3.05) is 13.6 Å². The minimum atomic E-state index is -0.0142. The van der Waals surface area contributed by atoms with Crippen LogP contribution in [0.2, 0.25) is 0 Å². The molecule has 0 aliphatic rings. The van der Waals surface area contributed by atoms with Gasteiger partial charge in [0.1, 0.15) is 0 Å². The summed E-state index contributed by atoms with van der Waals surface area (Å²) in [4.78, 5) is 27.5. The summed E-state index contributed by atoms with van der Waals surface area (Å²) in [5.74, 6) is 0.101. The highest BCUT2D eigenvalue weighted by atomic mass is 16.2. The number of rotatable bonds is 12. The van der Waals surface area contributed by atoms with Crippen LogP contribution in [-0.2, 0) is 11.3 Å². The van der Waals surface area contributed by atoms with Crippen molar-refractivity contribution < 1.29 is 4.79 Å². The van der Waals surface area contributed by atoms with Gasteiger partial charge in [0.15, 0.2) is 0 Å². The number of carbonyl (C=O) groups is 1. The number of pyridine rings is 1. The van der Waals surface area contributed by atoms with Gasteiger partial charge in [0.05, 0.1) is 5.70 Å². The van der Waals surface area contributed by atoms with Crippen LogP contribution in [0.5, 0.6) is 0 Å². The molecule has 0 saturated heterocycles. The van der Waals surface area contributed by atoms with E-state index < -0.39 is 0 Å². The van der Waals surface area contributed by atoms with E-state index in [1.165, 1.54) is 12.8 Å². The lowest BCUT2D eigenvalue weighted by Crippen LogP contribution is -2.28. The molecule has 0 fully saturated rings. The topological polar surface area (TPSA) is 57.9 Å². The summed E-state index contributed by atoms with van der Waals surface area (Å²) in [6, 6.07) is 11.9. The fourth-order valence-electron chi connectivity index (χ4n) is 3.50. The number of allylic oxidation sites excluding steroid dienone is 5. The van der Waals surface area contributed by atoms with E-state index in [0.717, 1.165) is 27.8 Å². The number of amides is 1. The van der Waals surface area contributed by atoms with Crippen molar-refractivity contribution in [2.45, 2.75) is 66.8 Å². The summed E-state index contributed by atoms with van der Waals surface area (Å²) in [7, 11) is 1.75. The lowest BCUT2D eigenvalue weighted by molar-refractivity contribution is -0.126. The Kier molecular flexibility index (Phi) is 16.4. The molecule has 2 aromatic rings. The summed E-state index contributed by atoms with van der Waals surface area (Å²) in [6.07, 6.45) is 17.4. The fourth-order valence-corrected chi connectivity index (χ4v) is 3.50. The average molecular weight is 527 g/mol. The molecule has 1 aromatic heterocycles. The van der Waals surface area contributed by atoms with Crippen LogP contribution in [0.3, 0.4) is 0 Å². The minimum Gasteiger partial charge on any atom is -0.335 e. The second kappa shape index (κ2) is 19.2. The van der Waals surface area contributed by atoms with Gasteiger partial charge in [0.25, 0.3) is 0 Å². The van der Waals surface area contributed by atoms with Crippen LogP contribution >= 0.6 is 0 Å². The van der Waals surface area contributed by atoms with Gasteiger partial charge < -0.3 is 4.90 Å². The number of nitrogens with zero attached hydrogens (tertiary/aromatic N) is 4. The van der Waals surface area contributed by atoms with Gasteiger partial charge in [-0.05, 0) is 66.8 Å². The molecule has 1 aromatic carbocycles. The molecule has 0 saturated carbocycles. The SMILES string of the molecule is C=C(N=CC(=C\C)/C(C=NC)=C/C)c1cccc(CN(CC)C(=O)/C=C\C(C)c2cccnc2)c1.CCCC. The summed E-state index contributed by atoms with van der Waals surface area (Å²) in [5, 5.41) is 0. The number of aliphatic imine (C=N–C) groups is 2. The lowest BCUT2D eigenvalue weighted by atomic mass is 10.0. The first-order valence-corrected chi connectivity index (χ1v) is 13.8. The maximum absolute atomic E-state index is 12.8. The first-order valence-electron chi connectivity index (χ1n) is 13.8. The quantitative estimate of drug-likeness (QED) is 0.159. The van der Waals surface area contributed by atoms with Gasteiger partial charge in [-0.25, -0.2) is 0 Å². The standard InChI is InChI=1S/C30H36N4O.C4H10/c1-7-26(19-31-6)27(8-2)21-33-24(5)28-13-10-12-25(18-28)22-34(9-3)30(35)16-15-23(4)29-14-11-17-32-20-29;1-3-4-2/h7-8,10-21,23H,5,9,22H2,1-4,6H3;3-4H2,1-2H3/b16-15-,26-7+,27-8+,31-19?,33-21?;. The zero-order valence-electron chi connectivity index (χ0n) is 24.9. The predicted octanol–water partition coefficient (Wildman–Crippen LogP) is 8.23. The van der Waals surface area contributed by atoms with Gasteiger partial charge in [0.2, 0.25) is 5.91 Å². The maximum atomic E-state index is 12.8. The Balaban J connectivity index is 0.00000177. The predicted molar refractivity (Wildman–Crippen MR) is 169 cm³/mol. The summed E-state index contributed by atoms with van der Waals surface area (Å²) in [5.41, 5.74) is 5.67. The van der Waals surface area contributed by atoms with Crippen LogP contribution in [0.25, 0.3) is 5.70 Å². The molecule has 1 heterocycles. The summed E-state index contributed by atoms with van der Waals surface area (Å²) >= 11 is 0. The van der Waals surface area contributed by atoms with E-state index >= 15 is 0 Å². The molecule has 1 unspecified atom stereocenters. The lowest BCUT2D eigenvalue weighted by Gasteiger charge is -2.20. The number of aromatic nitrogens is 1. The van der Waals surface area contributed by atoms with Crippen molar-refractivity contribution in [3.63, 3.8) is 0 Å². The van der Waals surface area contributed by atoms with Crippen LogP contribution in [0.4, 0.5) is 0 Å². The number of likely N-dealkylation sites (N-methyl/N-ethyl adjacent to an activating group) is 1. The van der Waals surface area contributed by atoms with E-state index in [0.29, 0.717) is 18.8 Å². The summed E-state index contributed by atoms with van der Waals surface area (Å²) in [6.45, 7) is 17.6. The second-order valence-corrected chi connectivity index (χ2v) is 9.07. The van der Waals surface area contributed by atoms with Crippen LogP contribution in [0, 0.1) is 0 Å². The zero-order valence-corrected chi connectivity index (χ0v) is 24.9. The fraction of sp³-hybridized carbons (Fsp3) is 0.353. The average Bonchev–Trinajstić information content (AvgIpc) is 2.98. The molecule has 5 heteroatoms. The van der Waals surface area contributed by atoms with Crippen molar-refractivity contribution in [2.24, 2.45) is 9.98 Å². The Morgan fingerprint density at radius 3 is 2.31 bits per heavy atom. The number of carbonyl (C=O) groups excluding carboxylic acids is 1. The number of benzene rings is 1. The molecule has 0 spiro atoms. The molecule has 0 aliphatic heterocycles. The third-order valence-corrected chi connectivity index (χ3v) is 6.15. The van der Waals surface area contributed by atoms with Gasteiger partial charge in [0, 0.05) is 50.9 Å². The Morgan fingerprint density at radius 2 is 1.74 bits per heavy atom. The van der Waals surface area contributed by atoms with Gasteiger partial charge in [-0.1, -0.05) is 82.7 Å². The molecular formula is C34H46N4O. The molecule has 39 heavy (non-hydrogen) atoms. The van der Waals surface area contributed by atoms with Gasteiger partial charge >= 0.3 is 0 Å². The Labute approximate surface area is 236 Å². The minimum absolute atomic E-state index is 0.0142. The van der Waals surface area contributed by atoms with E-state index in [-0.39, 0.29) is 11.8 Å². The highest BCUT2D eigenvalue weighted by Crippen LogP contribution is 2.19. The molecule has 0 radical (unpaired) electrons. The van der Waals surface area contributed by atoms with Crippen LogP contribution in [-0.4, -0.2) is 41.8 Å². The highest BCUT2D eigenvalue weighted by Gasteiger charge is 2.11. The Morgan fingerprint density at radius 1 is 1.05 bits per heavy atom. The van der Waals surface area contributed by atoms with Gasteiger partial charge in [-0.2, -0.15) is 0 Å². The number of unbranched alkanes of at least 4 members (excludes halogenated alkanes) is 1. The van der Waals surface area contributed by atoms with E-state index in [2.05, 4.69) is 42.3 Å². The zero-order chi connectivity index (χ0) is 29.0. The molecule has 5 nitrogen and oxygen atoms in total. The van der Waals surface area contributed by atoms with Crippen LogP contribution in [0.1, 0.15) is 77.0 Å². The van der Waals surface area contributed by atoms with E-state index in [4.69, 9.17) is 0 Å². The normalized spacial score (nSPS) is 13.0. The van der Waals surface area contributed by atoms with Gasteiger partial charge in [-0.15, -0.1) is 0 Å². The highest BCUT2D eigenvalue weighted by molar-refractivity contribution is 5.99. The molecule has 0 aliphatic carbocycles. The number of hydrogen-bond acceptors (Lipinski definition) is 4. The molecule has 0 N–H and O–H groups in total. The van der Waals surface area contributed by atoms with Crippen molar-refractivity contribution in [3.8, 4) is 0 Å². The Hall–Kier alpha value is -3.86. The Bertz CT molecular complexity index is 1170. The van der Waals surface area contributed by atoms with Crippen molar-refractivity contribution >= 4 is 24.0 Å². The molecule has 2 rings (SSSR count). The van der Waals surface area contributed by atoms with Crippen LogP contribution < -0.4 is 0 Å². The third-order valence-electron chi connectivity index (χ3n) is 6.15. The van der Waals surface area contributed by atoms with Gasteiger partial charge in [-0.3, -0.25) is 19.8 Å². The van der Waals surface area contributed by atoms with E-state index in [1.54, 1.807) is 19.3 Å². The molecule has 208 valence electrons. The first-order chi connectivity index (χ1) is 18.8. The summed E-state index contributed by atoms with van der Waals surface area (Å²) < 4.78 is 0. The molecular weight excluding hydrogens is 480 g/mol.